The summed E-state index contributed by atoms with van der Waals surface area (Å²) in [5.74, 6) is 0. The molecule has 0 radical (unpaired) electrons. The standard InChI is InChI=1S/C14H9BrClN3OS/c1-8-5-12(20)19-14(17-8)21-13(18-19)11(16)7-9-3-2-4-10(15)6-9/h2-7H,1H3/b11-7-. The minimum absolute atomic E-state index is 0.202. The van der Waals surface area contributed by atoms with E-state index in [0.717, 1.165) is 10.0 Å². The van der Waals surface area contributed by atoms with Crippen molar-refractivity contribution in [1.82, 2.24) is 14.6 Å². The van der Waals surface area contributed by atoms with Crippen LogP contribution in [0.25, 0.3) is 16.1 Å². The summed E-state index contributed by atoms with van der Waals surface area (Å²) in [6.07, 6.45) is 1.81. The maximum absolute atomic E-state index is 11.8. The van der Waals surface area contributed by atoms with Crippen molar-refractivity contribution in [3.8, 4) is 0 Å². The van der Waals surface area contributed by atoms with E-state index >= 15 is 0 Å². The number of halogens is 2. The highest BCUT2D eigenvalue weighted by atomic mass is 79.9. The van der Waals surface area contributed by atoms with Crippen LogP contribution >= 0.6 is 38.9 Å². The Kier molecular flexibility index (Phi) is 3.93. The molecule has 0 saturated carbocycles. The molecule has 0 unspecified atom stereocenters. The van der Waals surface area contributed by atoms with Crippen molar-refractivity contribution in [2.45, 2.75) is 6.92 Å². The van der Waals surface area contributed by atoms with E-state index in [1.54, 1.807) is 6.92 Å². The molecule has 0 atom stereocenters. The molecule has 4 nitrogen and oxygen atoms in total. The smallest absolute Gasteiger partial charge is 0.267 e. The average molecular weight is 383 g/mol. The number of benzene rings is 1. The zero-order chi connectivity index (χ0) is 15.0. The fraction of sp³-hybridized carbons (Fsp3) is 0.0714. The number of nitrogens with zero attached hydrogens (tertiary/aromatic N) is 3. The Morgan fingerprint density at radius 3 is 3.00 bits per heavy atom. The second-order valence-electron chi connectivity index (χ2n) is 4.38. The lowest BCUT2D eigenvalue weighted by Crippen LogP contribution is -2.14. The summed E-state index contributed by atoms with van der Waals surface area (Å²) in [4.78, 5) is 16.7. The Bertz CT molecular complexity index is 916. The van der Waals surface area contributed by atoms with Crippen LogP contribution in [0.4, 0.5) is 0 Å². The molecule has 106 valence electrons. The fourth-order valence-electron chi connectivity index (χ4n) is 1.82. The number of fused-ring (bicyclic) bond motifs is 1. The predicted octanol–water partition coefficient (Wildman–Crippen LogP) is 3.96. The number of aryl methyl sites for hydroxylation is 1. The first-order valence-electron chi connectivity index (χ1n) is 6.03. The van der Waals surface area contributed by atoms with Gasteiger partial charge in [-0.15, -0.1) is 0 Å². The lowest BCUT2D eigenvalue weighted by Gasteiger charge is -1.96. The minimum atomic E-state index is -0.202. The summed E-state index contributed by atoms with van der Waals surface area (Å²) in [5, 5.41) is 5.25. The van der Waals surface area contributed by atoms with Crippen molar-refractivity contribution in [2.75, 3.05) is 0 Å². The molecule has 3 aromatic rings. The molecule has 2 heterocycles. The second-order valence-corrected chi connectivity index (χ2v) is 6.66. The molecule has 0 N–H and O–H groups in total. The van der Waals surface area contributed by atoms with E-state index in [9.17, 15) is 4.79 Å². The van der Waals surface area contributed by atoms with Gasteiger partial charge in [-0.3, -0.25) is 4.79 Å². The highest BCUT2D eigenvalue weighted by Crippen LogP contribution is 2.26. The number of rotatable bonds is 2. The Balaban J connectivity index is 2.07. The summed E-state index contributed by atoms with van der Waals surface area (Å²) in [6.45, 7) is 1.78. The van der Waals surface area contributed by atoms with Crippen molar-refractivity contribution in [1.29, 1.82) is 0 Å². The largest absolute Gasteiger partial charge is 0.275 e. The van der Waals surface area contributed by atoms with Gasteiger partial charge < -0.3 is 0 Å². The first-order chi connectivity index (χ1) is 10.0. The third-order valence-electron chi connectivity index (χ3n) is 2.72. The monoisotopic (exact) mass is 381 g/mol. The molecule has 0 fully saturated rings. The van der Waals surface area contributed by atoms with Crippen LogP contribution in [-0.4, -0.2) is 14.6 Å². The maximum Gasteiger partial charge on any atom is 0.275 e. The number of hydrogen-bond donors (Lipinski definition) is 0. The Morgan fingerprint density at radius 1 is 1.43 bits per heavy atom. The molecule has 0 spiro atoms. The Hall–Kier alpha value is -1.50. The lowest BCUT2D eigenvalue weighted by molar-refractivity contribution is 0.885. The lowest BCUT2D eigenvalue weighted by atomic mass is 10.2. The SMILES string of the molecule is Cc1cc(=O)n2nc(/C(Cl)=C/c3cccc(Br)c3)sc2n1. The summed E-state index contributed by atoms with van der Waals surface area (Å²) in [7, 11) is 0. The van der Waals surface area contributed by atoms with Crippen LogP contribution in [0.5, 0.6) is 0 Å². The van der Waals surface area contributed by atoms with E-state index in [-0.39, 0.29) is 5.56 Å². The average Bonchev–Trinajstić information content (AvgIpc) is 2.83. The van der Waals surface area contributed by atoms with Crippen LogP contribution in [-0.2, 0) is 0 Å². The molecule has 0 amide bonds. The Morgan fingerprint density at radius 2 is 2.24 bits per heavy atom. The third-order valence-corrected chi connectivity index (χ3v) is 4.55. The third kappa shape index (κ3) is 3.07. The van der Waals surface area contributed by atoms with Crippen molar-refractivity contribution in [2.24, 2.45) is 0 Å². The van der Waals surface area contributed by atoms with Gasteiger partial charge in [-0.2, -0.15) is 9.61 Å². The van der Waals surface area contributed by atoms with E-state index in [1.165, 1.54) is 21.9 Å². The van der Waals surface area contributed by atoms with E-state index in [4.69, 9.17) is 11.6 Å². The first-order valence-corrected chi connectivity index (χ1v) is 8.02. The fourth-order valence-corrected chi connectivity index (χ4v) is 3.38. The molecular formula is C14H9BrClN3OS. The van der Waals surface area contributed by atoms with Gasteiger partial charge >= 0.3 is 0 Å². The van der Waals surface area contributed by atoms with Crippen molar-refractivity contribution >= 4 is 54.9 Å². The first kappa shape index (κ1) is 14.4. The van der Waals surface area contributed by atoms with Crippen LogP contribution in [0.2, 0.25) is 0 Å². The van der Waals surface area contributed by atoms with Crippen molar-refractivity contribution < 1.29 is 0 Å². The van der Waals surface area contributed by atoms with Gasteiger partial charge in [0.2, 0.25) is 4.96 Å². The van der Waals surface area contributed by atoms with Gasteiger partial charge in [0.25, 0.3) is 5.56 Å². The highest BCUT2D eigenvalue weighted by Gasteiger charge is 2.10. The summed E-state index contributed by atoms with van der Waals surface area (Å²) < 4.78 is 2.24. The predicted molar refractivity (Wildman–Crippen MR) is 89.7 cm³/mol. The van der Waals surface area contributed by atoms with Crippen LogP contribution in [0.15, 0.2) is 39.6 Å². The normalized spacial score (nSPS) is 12.0. The minimum Gasteiger partial charge on any atom is -0.267 e. The van der Waals surface area contributed by atoms with Gasteiger partial charge in [-0.1, -0.05) is 51.0 Å². The van der Waals surface area contributed by atoms with Gasteiger partial charge in [0, 0.05) is 16.2 Å². The molecule has 0 bridgehead atoms. The molecule has 0 saturated heterocycles. The molecule has 21 heavy (non-hydrogen) atoms. The second kappa shape index (κ2) is 5.71. The molecule has 2 aromatic heterocycles. The zero-order valence-corrected chi connectivity index (χ0v) is 14.0. The molecule has 0 aliphatic heterocycles. The van der Waals surface area contributed by atoms with E-state index in [2.05, 4.69) is 26.0 Å². The number of aromatic nitrogens is 3. The quantitative estimate of drug-likeness (QED) is 0.674. The van der Waals surface area contributed by atoms with E-state index < -0.39 is 0 Å². The highest BCUT2D eigenvalue weighted by molar-refractivity contribution is 9.10. The molecule has 7 heteroatoms. The van der Waals surface area contributed by atoms with Gasteiger partial charge in [0.15, 0.2) is 5.01 Å². The molecule has 0 aliphatic carbocycles. The zero-order valence-electron chi connectivity index (χ0n) is 10.9. The van der Waals surface area contributed by atoms with Crippen LogP contribution in [0.1, 0.15) is 16.3 Å². The van der Waals surface area contributed by atoms with Gasteiger partial charge in [0.1, 0.15) is 0 Å². The van der Waals surface area contributed by atoms with Crippen LogP contribution < -0.4 is 5.56 Å². The van der Waals surface area contributed by atoms with Crippen LogP contribution in [0, 0.1) is 6.92 Å². The molecule has 1 aromatic carbocycles. The Labute approximate surface area is 137 Å². The molecular weight excluding hydrogens is 374 g/mol. The van der Waals surface area contributed by atoms with E-state index in [1.807, 2.05) is 30.3 Å². The summed E-state index contributed by atoms with van der Waals surface area (Å²) >= 11 is 11.0. The summed E-state index contributed by atoms with van der Waals surface area (Å²) in [6, 6.07) is 9.20. The molecule has 3 rings (SSSR count). The van der Waals surface area contributed by atoms with Crippen molar-refractivity contribution in [3.63, 3.8) is 0 Å². The number of hydrogen-bond acceptors (Lipinski definition) is 4. The maximum atomic E-state index is 11.8. The van der Waals surface area contributed by atoms with Gasteiger partial charge in [-0.25, -0.2) is 4.98 Å². The summed E-state index contributed by atoms with van der Waals surface area (Å²) in [5.41, 5.74) is 1.42. The molecule has 0 aliphatic rings. The topological polar surface area (TPSA) is 47.3 Å². The van der Waals surface area contributed by atoms with Gasteiger partial charge in [-0.05, 0) is 30.7 Å². The van der Waals surface area contributed by atoms with Crippen LogP contribution in [0.3, 0.4) is 0 Å². The van der Waals surface area contributed by atoms with E-state index in [0.29, 0.717) is 20.7 Å². The van der Waals surface area contributed by atoms with Gasteiger partial charge in [0.05, 0.1) is 5.03 Å². The van der Waals surface area contributed by atoms with Crippen molar-refractivity contribution in [3.05, 3.63) is 61.4 Å².